The van der Waals surface area contributed by atoms with Crippen molar-refractivity contribution in [2.24, 2.45) is 0 Å². The molecule has 1 aromatic heterocycles. The Morgan fingerprint density at radius 3 is 2.58 bits per heavy atom. The molecule has 26 heavy (non-hydrogen) atoms. The van der Waals surface area contributed by atoms with E-state index >= 15 is 0 Å². The van der Waals surface area contributed by atoms with E-state index in [0.29, 0.717) is 28.1 Å². The van der Waals surface area contributed by atoms with Gasteiger partial charge in [0.15, 0.2) is 6.61 Å². The second kappa shape index (κ2) is 8.01. The Morgan fingerprint density at radius 1 is 1.19 bits per heavy atom. The van der Waals surface area contributed by atoms with E-state index in [9.17, 15) is 4.79 Å². The second-order valence-electron chi connectivity index (χ2n) is 5.61. The van der Waals surface area contributed by atoms with Crippen LogP contribution in [0.25, 0.3) is 0 Å². The maximum absolute atomic E-state index is 12.3. The molecular formula is C19H17ClN2O4. The molecule has 0 spiro atoms. The van der Waals surface area contributed by atoms with Crippen molar-refractivity contribution in [1.82, 2.24) is 10.1 Å². The third-order valence-corrected chi connectivity index (χ3v) is 4.00. The lowest BCUT2D eigenvalue weighted by Crippen LogP contribution is -2.09. The summed E-state index contributed by atoms with van der Waals surface area (Å²) in [6, 6.07) is 13.9. The SMILES string of the molecule is Cc1nc(COc2ccc(C(=O)OC(C)c3ccccc3Cl)cc2)no1. The minimum Gasteiger partial charge on any atom is -0.485 e. The van der Waals surface area contributed by atoms with Gasteiger partial charge in [-0.05, 0) is 37.3 Å². The number of carbonyl (C=O) groups excluding carboxylic acids is 1. The highest BCUT2D eigenvalue weighted by atomic mass is 35.5. The molecule has 0 saturated heterocycles. The number of aryl methyl sites for hydroxylation is 1. The average molecular weight is 373 g/mol. The monoisotopic (exact) mass is 372 g/mol. The van der Waals surface area contributed by atoms with Gasteiger partial charge in [0.25, 0.3) is 0 Å². The second-order valence-corrected chi connectivity index (χ2v) is 6.02. The van der Waals surface area contributed by atoms with Gasteiger partial charge in [0.05, 0.1) is 5.56 Å². The Kier molecular flexibility index (Phi) is 5.53. The number of benzene rings is 2. The molecule has 0 aliphatic rings. The minimum atomic E-state index is -0.450. The zero-order chi connectivity index (χ0) is 18.5. The maximum atomic E-state index is 12.3. The third kappa shape index (κ3) is 4.40. The molecule has 6 nitrogen and oxygen atoms in total. The van der Waals surface area contributed by atoms with E-state index < -0.39 is 12.1 Å². The van der Waals surface area contributed by atoms with Crippen molar-refractivity contribution in [3.8, 4) is 5.75 Å². The first-order chi connectivity index (χ1) is 12.5. The molecule has 1 unspecified atom stereocenters. The highest BCUT2D eigenvalue weighted by molar-refractivity contribution is 6.31. The summed E-state index contributed by atoms with van der Waals surface area (Å²) >= 11 is 6.13. The Hall–Kier alpha value is -2.86. The van der Waals surface area contributed by atoms with Gasteiger partial charge < -0.3 is 14.0 Å². The van der Waals surface area contributed by atoms with E-state index in [2.05, 4.69) is 10.1 Å². The quantitative estimate of drug-likeness (QED) is 0.592. The Labute approximate surface area is 155 Å². The van der Waals surface area contributed by atoms with Gasteiger partial charge in [0, 0.05) is 17.5 Å². The summed E-state index contributed by atoms with van der Waals surface area (Å²) in [7, 11) is 0. The van der Waals surface area contributed by atoms with Crippen LogP contribution in [0.4, 0.5) is 0 Å². The van der Waals surface area contributed by atoms with Gasteiger partial charge in [-0.15, -0.1) is 0 Å². The van der Waals surface area contributed by atoms with Gasteiger partial charge in [0.1, 0.15) is 11.9 Å². The molecule has 0 radical (unpaired) electrons. The molecule has 0 aliphatic carbocycles. The van der Waals surface area contributed by atoms with Crippen LogP contribution in [-0.4, -0.2) is 16.1 Å². The number of ether oxygens (including phenoxy) is 2. The summed E-state index contributed by atoms with van der Waals surface area (Å²) in [5, 5.41) is 4.31. The van der Waals surface area contributed by atoms with E-state index in [1.54, 1.807) is 44.2 Å². The predicted octanol–water partition coefficient (Wildman–Crippen LogP) is 4.53. The lowest BCUT2D eigenvalue weighted by atomic mass is 10.1. The minimum absolute atomic E-state index is 0.185. The zero-order valence-electron chi connectivity index (χ0n) is 14.3. The zero-order valence-corrected chi connectivity index (χ0v) is 15.1. The number of aromatic nitrogens is 2. The van der Waals surface area contributed by atoms with Crippen LogP contribution in [0.15, 0.2) is 53.1 Å². The number of hydrogen-bond donors (Lipinski definition) is 0. The average Bonchev–Trinajstić information content (AvgIpc) is 3.06. The molecule has 0 amide bonds. The molecule has 0 bridgehead atoms. The summed E-state index contributed by atoms with van der Waals surface area (Å²) in [5.74, 6) is 1.09. The van der Waals surface area contributed by atoms with Crippen molar-refractivity contribution in [1.29, 1.82) is 0 Å². The molecule has 0 saturated carbocycles. The van der Waals surface area contributed by atoms with Crippen LogP contribution in [0.1, 0.15) is 40.7 Å². The first kappa shape index (κ1) is 17.9. The van der Waals surface area contributed by atoms with Crippen LogP contribution >= 0.6 is 11.6 Å². The molecule has 3 rings (SSSR count). The van der Waals surface area contributed by atoms with Crippen LogP contribution in [0.5, 0.6) is 5.75 Å². The Bertz CT molecular complexity index is 893. The Balaban J connectivity index is 1.59. The number of rotatable bonds is 6. The molecule has 1 heterocycles. The van der Waals surface area contributed by atoms with E-state index in [0.717, 1.165) is 5.56 Å². The highest BCUT2D eigenvalue weighted by Gasteiger charge is 2.16. The molecule has 7 heteroatoms. The van der Waals surface area contributed by atoms with Crippen LogP contribution in [-0.2, 0) is 11.3 Å². The smallest absolute Gasteiger partial charge is 0.338 e. The molecular weight excluding hydrogens is 356 g/mol. The van der Waals surface area contributed by atoms with E-state index in [1.165, 1.54) is 0 Å². The lowest BCUT2D eigenvalue weighted by Gasteiger charge is -2.15. The van der Waals surface area contributed by atoms with Gasteiger partial charge in [-0.1, -0.05) is 35.0 Å². The highest BCUT2D eigenvalue weighted by Crippen LogP contribution is 2.26. The van der Waals surface area contributed by atoms with Crippen molar-refractivity contribution in [3.05, 3.63) is 76.4 Å². The fourth-order valence-electron chi connectivity index (χ4n) is 2.33. The number of halogens is 1. The van der Waals surface area contributed by atoms with E-state index in [4.69, 9.17) is 25.6 Å². The van der Waals surface area contributed by atoms with Gasteiger partial charge in [-0.2, -0.15) is 4.98 Å². The molecule has 0 N–H and O–H groups in total. The van der Waals surface area contributed by atoms with Crippen molar-refractivity contribution >= 4 is 17.6 Å². The summed E-state index contributed by atoms with van der Waals surface area (Å²) in [6.07, 6.45) is -0.450. The molecule has 0 aliphatic heterocycles. The largest absolute Gasteiger partial charge is 0.485 e. The molecule has 0 fully saturated rings. The maximum Gasteiger partial charge on any atom is 0.338 e. The topological polar surface area (TPSA) is 74.5 Å². The van der Waals surface area contributed by atoms with Gasteiger partial charge >= 0.3 is 5.97 Å². The first-order valence-corrected chi connectivity index (χ1v) is 8.38. The van der Waals surface area contributed by atoms with Gasteiger partial charge in [0.2, 0.25) is 11.7 Å². The fraction of sp³-hybridized carbons (Fsp3) is 0.211. The van der Waals surface area contributed by atoms with E-state index in [1.807, 2.05) is 18.2 Å². The number of hydrogen-bond acceptors (Lipinski definition) is 6. The molecule has 1 atom stereocenters. The van der Waals surface area contributed by atoms with Crippen molar-refractivity contribution < 1.29 is 18.8 Å². The summed E-state index contributed by atoms with van der Waals surface area (Å²) in [6.45, 7) is 3.68. The van der Waals surface area contributed by atoms with Crippen LogP contribution < -0.4 is 4.74 Å². The normalized spacial score (nSPS) is 11.8. The third-order valence-electron chi connectivity index (χ3n) is 3.65. The molecule has 134 valence electrons. The molecule has 3 aromatic rings. The van der Waals surface area contributed by atoms with Gasteiger partial charge in [-0.3, -0.25) is 0 Å². The summed E-state index contributed by atoms with van der Waals surface area (Å²) in [5.41, 5.74) is 1.18. The number of nitrogens with zero attached hydrogens (tertiary/aromatic N) is 2. The van der Waals surface area contributed by atoms with Gasteiger partial charge in [-0.25, -0.2) is 4.79 Å². The molecule has 2 aromatic carbocycles. The van der Waals surface area contributed by atoms with E-state index in [-0.39, 0.29) is 6.61 Å². The summed E-state index contributed by atoms with van der Waals surface area (Å²) in [4.78, 5) is 16.3. The fourth-order valence-corrected chi connectivity index (χ4v) is 2.62. The standard InChI is InChI=1S/C19H17ClN2O4/c1-12(16-5-3-4-6-17(16)20)25-19(23)14-7-9-15(10-8-14)24-11-18-21-13(2)26-22-18/h3-10,12H,11H2,1-2H3. The van der Waals surface area contributed by atoms with Crippen molar-refractivity contribution in [3.63, 3.8) is 0 Å². The first-order valence-electron chi connectivity index (χ1n) is 8.00. The van der Waals surface area contributed by atoms with Crippen LogP contribution in [0.3, 0.4) is 0 Å². The van der Waals surface area contributed by atoms with Crippen molar-refractivity contribution in [2.75, 3.05) is 0 Å². The lowest BCUT2D eigenvalue weighted by molar-refractivity contribution is 0.0338. The van der Waals surface area contributed by atoms with Crippen molar-refractivity contribution in [2.45, 2.75) is 26.6 Å². The van der Waals surface area contributed by atoms with Crippen LogP contribution in [0, 0.1) is 6.92 Å². The summed E-state index contributed by atoms with van der Waals surface area (Å²) < 4.78 is 15.9. The number of carbonyl (C=O) groups is 1. The predicted molar refractivity (Wildman–Crippen MR) is 95.1 cm³/mol. The Morgan fingerprint density at radius 2 is 1.92 bits per heavy atom. The number of esters is 1. The van der Waals surface area contributed by atoms with Crippen LogP contribution in [0.2, 0.25) is 5.02 Å².